The second kappa shape index (κ2) is 5.61. The van der Waals surface area contributed by atoms with Crippen LogP contribution in [0.4, 0.5) is 5.69 Å². The lowest BCUT2D eigenvalue weighted by molar-refractivity contribution is 0.0685. The van der Waals surface area contributed by atoms with E-state index in [-0.39, 0.29) is 11.4 Å². The van der Waals surface area contributed by atoms with Gasteiger partial charge in [-0.1, -0.05) is 0 Å². The lowest BCUT2D eigenvalue weighted by atomic mass is 10.2. The molecule has 9 nitrogen and oxygen atoms in total. The summed E-state index contributed by atoms with van der Waals surface area (Å²) in [5.74, 6) is -2.03. The number of fused-ring (bicyclic) bond motifs is 1. The molecular formula is C15H13N5O4. The number of carbonyl (C=O) groups is 2. The lowest BCUT2D eigenvalue weighted by Crippen LogP contribution is -2.19. The Morgan fingerprint density at radius 3 is 2.33 bits per heavy atom. The van der Waals surface area contributed by atoms with Crippen molar-refractivity contribution in [1.29, 1.82) is 0 Å². The van der Waals surface area contributed by atoms with Crippen LogP contribution in [-0.4, -0.2) is 36.1 Å². The van der Waals surface area contributed by atoms with Gasteiger partial charge >= 0.3 is 11.7 Å². The third kappa shape index (κ3) is 2.41. The van der Waals surface area contributed by atoms with Gasteiger partial charge in [-0.15, -0.1) is 0 Å². The van der Waals surface area contributed by atoms with Crippen LogP contribution in [0.1, 0.15) is 21.0 Å². The molecule has 0 saturated heterocycles. The molecule has 1 amide bonds. The van der Waals surface area contributed by atoms with Crippen LogP contribution in [0.3, 0.4) is 0 Å². The average molecular weight is 327 g/mol. The maximum atomic E-state index is 12.3. The third-order valence-electron chi connectivity index (χ3n) is 3.65. The molecule has 0 aliphatic carbocycles. The van der Waals surface area contributed by atoms with Crippen LogP contribution in [0, 0.1) is 0 Å². The minimum Gasteiger partial charge on any atom is -0.476 e. The van der Waals surface area contributed by atoms with E-state index in [0.29, 0.717) is 16.7 Å². The minimum atomic E-state index is -1.34. The number of amides is 1. The predicted molar refractivity (Wildman–Crippen MR) is 85.1 cm³/mol. The first kappa shape index (κ1) is 15.4. The van der Waals surface area contributed by atoms with E-state index < -0.39 is 17.6 Å². The quantitative estimate of drug-likeness (QED) is 0.728. The topological polar surface area (TPSA) is 119 Å². The summed E-state index contributed by atoms with van der Waals surface area (Å²) in [5, 5.41) is 11.6. The third-order valence-corrected chi connectivity index (χ3v) is 3.65. The van der Waals surface area contributed by atoms with Gasteiger partial charge in [0.25, 0.3) is 5.91 Å². The average Bonchev–Trinajstić information content (AvgIpc) is 2.79. The fourth-order valence-electron chi connectivity index (χ4n) is 2.44. The van der Waals surface area contributed by atoms with Crippen molar-refractivity contribution in [3.8, 4) is 0 Å². The molecule has 0 fully saturated rings. The van der Waals surface area contributed by atoms with E-state index in [0.717, 1.165) is 0 Å². The number of anilines is 1. The smallest absolute Gasteiger partial charge is 0.356 e. The van der Waals surface area contributed by atoms with Crippen molar-refractivity contribution in [2.45, 2.75) is 0 Å². The summed E-state index contributed by atoms with van der Waals surface area (Å²) >= 11 is 0. The van der Waals surface area contributed by atoms with Gasteiger partial charge in [-0.2, -0.15) is 0 Å². The van der Waals surface area contributed by atoms with E-state index in [2.05, 4.69) is 15.3 Å². The van der Waals surface area contributed by atoms with Gasteiger partial charge in [-0.25, -0.2) is 19.6 Å². The predicted octanol–water partition coefficient (Wildman–Crippen LogP) is 0.617. The maximum Gasteiger partial charge on any atom is 0.356 e. The van der Waals surface area contributed by atoms with Gasteiger partial charge in [0.1, 0.15) is 0 Å². The standard InChI is InChI=1S/C15H13N5O4/c1-19-9-4-3-8(7-10(9)20(2)15(19)24)18-13(21)11-12(14(22)23)17-6-5-16-11/h3-7H,1-2H3,(H,18,21)(H,22,23). The van der Waals surface area contributed by atoms with E-state index in [1.807, 2.05) is 0 Å². The van der Waals surface area contributed by atoms with Crippen molar-refractivity contribution in [3.63, 3.8) is 0 Å². The fraction of sp³-hybridized carbons (Fsp3) is 0.133. The van der Waals surface area contributed by atoms with Crippen molar-refractivity contribution in [2.75, 3.05) is 5.32 Å². The number of carboxylic acid groups (broad SMARTS) is 1. The minimum absolute atomic E-state index is 0.185. The van der Waals surface area contributed by atoms with Crippen LogP contribution < -0.4 is 11.0 Å². The van der Waals surface area contributed by atoms with Gasteiger partial charge in [0.15, 0.2) is 11.4 Å². The van der Waals surface area contributed by atoms with Gasteiger partial charge in [0, 0.05) is 32.2 Å². The van der Waals surface area contributed by atoms with E-state index >= 15 is 0 Å². The number of rotatable bonds is 3. The number of carbonyl (C=O) groups excluding carboxylic acids is 1. The highest BCUT2D eigenvalue weighted by Gasteiger charge is 2.19. The molecule has 24 heavy (non-hydrogen) atoms. The molecule has 0 aliphatic heterocycles. The number of nitrogens with one attached hydrogen (secondary N) is 1. The molecule has 0 radical (unpaired) electrons. The summed E-state index contributed by atoms with van der Waals surface area (Å²) in [7, 11) is 3.28. The number of hydrogen-bond acceptors (Lipinski definition) is 5. The van der Waals surface area contributed by atoms with Crippen LogP contribution in [0.15, 0.2) is 35.4 Å². The Morgan fingerprint density at radius 1 is 1.04 bits per heavy atom. The SMILES string of the molecule is Cn1c(=O)n(C)c2cc(NC(=O)c3nccnc3C(=O)O)ccc21. The van der Waals surface area contributed by atoms with Crippen LogP contribution in [-0.2, 0) is 14.1 Å². The molecule has 2 aromatic heterocycles. The van der Waals surface area contributed by atoms with E-state index in [1.165, 1.54) is 21.5 Å². The van der Waals surface area contributed by atoms with E-state index in [4.69, 9.17) is 5.11 Å². The zero-order chi connectivity index (χ0) is 17.4. The summed E-state index contributed by atoms with van der Waals surface area (Å²) in [6.07, 6.45) is 2.44. The summed E-state index contributed by atoms with van der Waals surface area (Å²) in [6.45, 7) is 0. The van der Waals surface area contributed by atoms with Crippen molar-refractivity contribution in [1.82, 2.24) is 19.1 Å². The Bertz CT molecular complexity index is 1030. The lowest BCUT2D eigenvalue weighted by Gasteiger charge is -2.07. The van der Waals surface area contributed by atoms with E-state index in [9.17, 15) is 14.4 Å². The molecule has 0 bridgehead atoms. The Labute approximate surface area is 135 Å². The number of aromatic nitrogens is 4. The van der Waals surface area contributed by atoms with Crippen molar-refractivity contribution < 1.29 is 14.7 Å². The number of hydrogen-bond donors (Lipinski definition) is 2. The zero-order valence-electron chi connectivity index (χ0n) is 12.8. The van der Waals surface area contributed by atoms with Crippen molar-refractivity contribution in [3.05, 3.63) is 52.5 Å². The largest absolute Gasteiger partial charge is 0.476 e. The highest BCUT2D eigenvalue weighted by molar-refractivity contribution is 6.08. The summed E-state index contributed by atoms with van der Waals surface area (Å²) in [6, 6.07) is 4.95. The molecular weight excluding hydrogens is 314 g/mol. The first-order chi connectivity index (χ1) is 11.4. The molecule has 9 heteroatoms. The number of imidazole rings is 1. The molecule has 1 aromatic carbocycles. The molecule has 0 unspecified atom stereocenters. The van der Waals surface area contributed by atoms with Gasteiger partial charge in [-0.05, 0) is 18.2 Å². The zero-order valence-corrected chi connectivity index (χ0v) is 12.8. The maximum absolute atomic E-state index is 12.3. The number of aromatic carboxylic acids is 1. The highest BCUT2D eigenvalue weighted by Crippen LogP contribution is 2.18. The Hall–Kier alpha value is -3.49. The Balaban J connectivity index is 1.99. The fourth-order valence-corrected chi connectivity index (χ4v) is 2.44. The van der Waals surface area contributed by atoms with Gasteiger partial charge in [0.05, 0.1) is 11.0 Å². The summed E-state index contributed by atoms with van der Waals surface area (Å²) < 4.78 is 2.95. The molecule has 3 aromatic rings. The molecule has 0 saturated carbocycles. The molecule has 0 aliphatic rings. The second-order valence-electron chi connectivity index (χ2n) is 5.12. The first-order valence-electron chi connectivity index (χ1n) is 6.91. The molecule has 2 N–H and O–H groups in total. The monoisotopic (exact) mass is 327 g/mol. The molecule has 3 rings (SSSR count). The number of aryl methyl sites for hydroxylation is 2. The molecule has 122 valence electrons. The molecule has 0 spiro atoms. The Kier molecular flexibility index (Phi) is 3.60. The highest BCUT2D eigenvalue weighted by atomic mass is 16.4. The van der Waals surface area contributed by atoms with Gasteiger partial charge < -0.3 is 10.4 Å². The van der Waals surface area contributed by atoms with Crippen LogP contribution in [0.5, 0.6) is 0 Å². The summed E-state index contributed by atoms with van der Waals surface area (Å²) in [5.41, 5.74) is 0.866. The second-order valence-corrected chi connectivity index (χ2v) is 5.12. The Morgan fingerprint density at radius 2 is 1.67 bits per heavy atom. The summed E-state index contributed by atoms with van der Waals surface area (Å²) in [4.78, 5) is 42.7. The first-order valence-corrected chi connectivity index (χ1v) is 6.91. The van der Waals surface area contributed by atoms with Crippen LogP contribution in [0.2, 0.25) is 0 Å². The van der Waals surface area contributed by atoms with Crippen LogP contribution >= 0.6 is 0 Å². The van der Waals surface area contributed by atoms with Gasteiger partial charge in [0.2, 0.25) is 0 Å². The van der Waals surface area contributed by atoms with Crippen molar-refractivity contribution in [2.24, 2.45) is 14.1 Å². The number of carboxylic acids is 1. The van der Waals surface area contributed by atoms with Gasteiger partial charge in [-0.3, -0.25) is 13.9 Å². The normalized spacial score (nSPS) is 10.8. The number of nitrogens with zero attached hydrogens (tertiary/aromatic N) is 4. The number of benzene rings is 1. The van der Waals surface area contributed by atoms with Crippen LogP contribution in [0.25, 0.3) is 11.0 Å². The van der Waals surface area contributed by atoms with Crippen molar-refractivity contribution >= 4 is 28.6 Å². The molecule has 0 atom stereocenters. The van der Waals surface area contributed by atoms with E-state index in [1.54, 1.807) is 32.3 Å². The molecule has 2 heterocycles.